The molecule has 1 heterocycles. The molecule has 0 spiro atoms. The molecule has 0 saturated carbocycles. The molecule has 0 aliphatic rings. The van der Waals surface area contributed by atoms with Gasteiger partial charge in [0.05, 0.1) is 5.69 Å². The second-order valence-corrected chi connectivity index (χ2v) is 4.87. The van der Waals surface area contributed by atoms with E-state index in [0.29, 0.717) is 19.4 Å². The molecule has 4 nitrogen and oxygen atoms in total. The molecule has 0 saturated heterocycles. The van der Waals surface area contributed by atoms with Crippen molar-refractivity contribution >= 4 is 5.91 Å². The molecule has 0 aliphatic heterocycles. The lowest BCUT2D eigenvalue weighted by Gasteiger charge is -2.04. The fraction of sp³-hybridized carbons (Fsp3) is 0.375. The number of rotatable bonds is 7. The molecular weight excluding hydrogens is 252 g/mol. The largest absolute Gasteiger partial charge is 0.361 e. The Balaban J connectivity index is 1.59. The van der Waals surface area contributed by atoms with Crippen LogP contribution in [-0.2, 0) is 17.6 Å². The van der Waals surface area contributed by atoms with Crippen LogP contribution in [0.2, 0.25) is 0 Å². The Kier molecular flexibility index (Phi) is 5.35. The maximum atomic E-state index is 11.7. The molecule has 1 aromatic heterocycles. The molecule has 1 N–H and O–H groups in total. The molecule has 106 valence electrons. The molecule has 0 unspecified atom stereocenters. The Morgan fingerprint density at radius 3 is 2.75 bits per heavy atom. The van der Waals surface area contributed by atoms with Gasteiger partial charge in [-0.05, 0) is 25.3 Å². The first-order valence-corrected chi connectivity index (χ1v) is 6.97. The van der Waals surface area contributed by atoms with E-state index in [0.717, 1.165) is 24.3 Å². The Hall–Kier alpha value is -2.10. The maximum Gasteiger partial charge on any atom is 0.220 e. The molecule has 1 aromatic carbocycles. The van der Waals surface area contributed by atoms with Gasteiger partial charge >= 0.3 is 0 Å². The highest BCUT2D eigenvalue weighted by Gasteiger charge is 2.03. The van der Waals surface area contributed by atoms with E-state index in [9.17, 15) is 4.79 Å². The van der Waals surface area contributed by atoms with E-state index < -0.39 is 0 Å². The van der Waals surface area contributed by atoms with Crippen LogP contribution >= 0.6 is 0 Å². The van der Waals surface area contributed by atoms with Crippen LogP contribution in [0.25, 0.3) is 0 Å². The van der Waals surface area contributed by atoms with Crippen LogP contribution in [0, 0.1) is 6.92 Å². The number of nitrogens with zero attached hydrogens (tertiary/aromatic N) is 1. The smallest absolute Gasteiger partial charge is 0.220 e. The van der Waals surface area contributed by atoms with Gasteiger partial charge in [0.1, 0.15) is 5.76 Å². The first-order chi connectivity index (χ1) is 9.74. The van der Waals surface area contributed by atoms with Crippen molar-refractivity contribution in [3.63, 3.8) is 0 Å². The molecule has 0 radical (unpaired) electrons. The van der Waals surface area contributed by atoms with Crippen molar-refractivity contribution in [2.45, 2.75) is 32.6 Å². The highest BCUT2D eigenvalue weighted by Crippen LogP contribution is 2.05. The van der Waals surface area contributed by atoms with Crippen molar-refractivity contribution in [3.8, 4) is 0 Å². The second-order valence-electron chi connectivity index (χ2n) is 4.87. The number of benzene rings is 1. The summed E-state index contributed by atoms with van der Waals surface area (Å²) in [5, 5.41) is 6.71. The third-order valence-corrected chi connectivity index (χ3v) is 3.08. The zero-order valence-electron chi connectivity index (χ0n) is 11.8. The van der Waals surface area contributed by atoms with Crippen molar-refractivity contribution in [3.05, 3.63) is 53.4 Å². The minimum Gasteiger partial charge on any atom is -0.361 e. The van der Waals surface area contributed by atoms with Crippen LogP contribution in [0.4, 0.5) is 0 Å². The van der Waals surface area contributed by atoms with Crippen molar-refractivity contribution < 1.29 is 9.32 Å². The molecule has 0 aliphatic carbocycles. The van der Waals surface area contributed by atoms with Crippen molar-refractivity contribution in [2.24, 2.45) is 0 Å². The quantitative estimate of drug-likeness (QED) is 0.843. The van der Waals surface area contributed by atoms with Gasteiger partial charge in [0.25, 0.3) is 0 Å². The molecule has 2 rings (SSSR count). The normalized spacial score (nSPS) is 10.4. The number of aryl methyl sites for hydroxylation is 2. The van der Waals surface area contributed by atoms with Crippen molar-refractivity contribution in [1.29, 1.82) is 0 Å². The van der Waals surface area contributed by atoms with E-state index in [1.165, 1.54) is 5.56 Å². The summed E-state index contributed by atoms with van der Waals surface area (Å²) in [6.07, 6.45) is 3.06. The van der Waals surface area contributed by atoms with Gasteiger partial charge in [-0.1, -0.05) is 35.5 Å². The Bertz CT molecular complexity index is 534. The fourth-order valence-electron chi connectivity index (χ4n) is 2.05. The number of hydrogen-bond acceptors (Lipinski definition) is 3. The lowest BCUT2D eigenvalue weighted by Crippen LogP contribution is -2.25. The SMILES string of the molecule is Cc1cc(CCNC(=O)CCCc2ccccc2)on1. The number of nitrogens with one attached hydrogen (secondary N) is 1. The van der Waals surface area contributed by atoms with Gasteiger partial charge in [-0.15, -0.1) is 0 Å². The summed E-state index contributed by atoms with van der Waals surface area (Å²) in [4.78, 5) is 11.7. The number of amides is 1. The topological polar surface area (TPSA) is 55.1 Å². The maximum absolute atomic E-state index is 11.7. The molecule has 0 fully saturated rings. The molecule has 2 aromatic rings. The summed E-state index contributed by atoms with van der Waals surface area (Å²) in [6, 6.07) is 12.1. The Morgan fingerprint density at radius 2 is 2.05 bits per heavy atom. The molecule has 0 bridgehead atoms. The zero-order chi connectivity index (χ0) is 14.2. The predicted octanol–water partition coefficient (Wildman–Crippen LogP) is 2.66. The van der Waals surface area contributed by atoms with E-state index >= 15 is 0 Å². The number of carbonyl (C=O) groups is 1. The van der Waals surface area contributed by atoms with Crippen LogP contribution in [0.3, 0.4) is 0 Å². The summed E-state index contributed by atoms with van der Waals surface area (Å²) < 4.78 is 5.08. The van der Waals surface area contributed by atoms with Crippen LogP contribution < -0.4 is 5.32 Å². The third kappa shape index (κ3) is 4.88. The average molecular weight is 272 g/mol. The van der Waals surface area contributed by atoms with E-state index in [1.807, 2.05) is 31.2 Å². The van der Waals surface area contributed by atoms with Gasteiger partial charge in [-0.3, -0.25) is 4.79 Å². The van der Waals surface area contributed by atoms with E-state index in [1.54, 1.807) is 0 Å². The lowest BCUT2D eigenvalue weighted by molar-refractivity contribution is -0.121. The van der Waals surface area contributed by atoms with Gasteiger partial charge in [0, 0.05) is 25.5 Å². The highest BCUT2D eigenvalue weighted by molar-refractivity contribution is 5.75. The van der Waals surface area contributed by atoms with Gasteiger partial charge in [0.15, 0.2) is 0 Å². The average Bonchev–Trinajstić information content (AvgIpc) is 2.86. The van der Waals surface area contributed by atoms with Crippen LogP contribution in [-0.4, -0.2) is 17.6 Å². The molecule has 4 heteroatoms. The van der Waals surface area contributed by atoms with Crippen LogP contribution in [0.1, 0.15) is 29.9 Å². The second kappa shape index (κ2) is 7.48. The van der Waals surface area contributed by atoms with E-state index in [4.69, 9.17) is 4.52 Å². The third-order valence-electron chi connectivity index (χ3n) is 3.08. The summed E-state index contributed by atoms with van der Waals surface area (Å²) >= 11 is 0. The van der Waals surface area contributed by atoms with Crippen molar-refractivity contribution in [1.82, 2.24) is 10.5 Å². The van der Waals surface area contributed by atoms with Gasteiger partial charge in [-0.2, -0.15) is 0 Å². The van der Waals surface area contributed by atoms with Gasteiger partial charge < -0.3 is 9.84 Å². The van der Waals surface area contributed by atoms with Gasteiger partial charge in [0.2, 0.25) is 5.91 Å². The molecule has 0 atom stereocenters. The van der Waals surface area contributed by atoms with E-state index in [-0.39, 0.29) is 5.91 Å². The van der Waals surface area contributed by atoms with E-state index in [2.05, 4.69) is 22.6 Å². The van der Waals surface area contributed by atoms with Crippen molar-refractivity contribution in [2.75, 3.05) is 6.54 Å². The summed E-state index contributed by atoms with van der Waals surface area (Å²) in [7, 11) is 0. The number of carbonyl (C=O) groups excluding carboxylic acids is 1. The monoisotopic (exact) mass is 272 g/mol. The molecule has 20 heavy (non-hydrogen) atoms. The lowest BCUT2D eigenvalue weighted by atomic mass is 10.1. The van der Waals surface area contributed by atoms with Crippen LogP contribution in [0.5, 0.6) is 0 Å². The predicted molar refractivity (Wildman–Crippen MR) is 77.3 cm³/mol. The van der Waals surface area contributed by atoms with Crippen LogP contribution in [0.15, 0.2) is 40.9 Å². The summed E-state index contributed by atoms with van der Waals surface area (Å²) in [5.41, 5.74) is 2.15. The molecular formula is C16H20N2O2. The Labute approximate surface area is 119 Å². The first kappa shape index (κ1) is 14.3. The zero-order valence-corrected chi connectivity index (χ0v) is 11.8. The number of aromatic nitrogens is 1. The first-order valence-electron chi connectivity index (χ1n) is 6.97. The minimum absolute atomic E-state index is 0.0946. The fourth-order valence-corrected chi connectivity index (χ4v) is 2.05. The highest BCUT2D eigenvalue weighted by atomic mass is 16.5. The minimum atomic E-state index is 0.0946. The summed E-state index contributed by atoms with van der Waals surface area (Å²) in [5.74, 6) is 0.907. The standard InChI is InChI=1S/C16H20N2O2/c1-13-12-15(20-18-13)10-11-17-16(19)9-5-8-14-6-3-2-4-7-14/h2-4,6-7,12H,5,8-11H2,1H3,(H,17,19). The summed E-state index contributed by atoms with van der Waals surface area (Å²) in [6.45, 7) is 2.48. The number of hydrogen-bond donors (Lipinski definition) is 1. The Morgan fingerprint density at radius 1 is 1.25 bits per heavy atom. The molecule has 1 amide bonds. The van der Waals surface area contributed by atoms with Gasteiger partial charge in [-0.25, -0.2) is 0 Å².